The molecule has 1 aliphatic heterocycles. The van der Waals surface area contributed by atoms with E-state index >= 15 is 0 Å². The number of hydrogen-bond donors (Lipinski definition) is 3. The van der Waals surface area contributed by atoms with Crippen molar-refractivity contribution in [3.8, 4) is 0 Å². The smallest absolute Gasteiger partial charge is 0.322 e. The Bertz CT molecular complexity index is 617. The second kappa shape index (κ2) is 7.87. The zero-order valence-corrected chi connectivity index (χ0v) is 14.7. The summed E-state index contributed by atoms with van der Waals surface area (Å²) in [5, 5.41) is 15.8. The second-order valence-corrected chi connectivity index (χ2v) is 7.01. The van der Waals surface area contributed by atoms with Gasteiger partial charge < -0.3 is 20.6 Å². The number of urea groups is 1. The van der Waals surface area contributed by atoms with Gasteiger partial charge in [-0.2, -0.15) is 0 Å². The van der Waals surface area contributed by atoms with E-state index in [1.807, 2.05) is 4.90 Å². The molecule has 6 nitrogen and oxygen atoms in total. The number of rotatable bonds is 3. The van der Waals surface area contributed by atoms with Crippen molar-refractivity contribution in [2.45, 2.75) is 50.7 Å². The van der Waals surface area contributed by atoms with Gasteiger partial charge in [0.05, 0.1) is 6.10 Å². The second-order valence-electron chi connectivity index (χ2n) is 7.01. The molecule has 25 heavy (non-hydrogen) atoms. The SMILES string of the molecule is CNC(=O)c1ccc(NC(=O)N2CCC[C@@H]2[C@H]2CCCC[C@@H]2O)cc1. The van der Waals surface area contributed by atoms with Gasteiger partial charge in [0.15, 0.2) is 0 Å². The number of aliphatic hydroxyl groups is 1. The van der Waals surface area contributed by atoms with Crippen LogP contribution in [0.3, 0.4) is 0 Å². The van der Waals surface area contributed by atoms with Gasteiger partial charge in [0.2, 0.25) is 0 Å². The molecule has 3 N–H and O–H groups in total. The molecule has 0 unspecified atom stereocenters. The lowest BCUT2D eigenvalue weighted by atomic mass is 9.80. The van der Waals surface area contributed by atoms with E-state index in [0.717, 1.165) is 45.1 Å². The van der Waals surface area contributed by atoms with Gasteiger partial charge in [-0.3, -0.25) is 4.79 Å². The van der Waals surface area contributed by atoms with Gasteiger partial charge >= 0.3 is 6.03 Å². The number of carbonyl (C=O) groups is 2. The fraction of sp³-hybridized carbons (Fsp3) is 0.579. The summed E-state index contributed by atoms with van der Waals surface area (Å²) in [7, 11) is 1.59. The van der Waals surface area contributed by atoms with Gasteiger partial charge in [-0.05, 0) is 49.9 Å². The molecular weight excluding hydrogens is 318 g/mol. The highest BCUT2D eigenvalue weighted by Crippen LogP contribution is 2.34. The Morgan fingerprint density at radius 1 is 1.08 bits per heavy atom. The average Bonchev–Trinajstić information content (AvgIpc) is 3.11. The predicted octanol–water partition coefficient (Wildman–Crippen LogP) is 2.59. The highest BCUT2D eigenvalue weighted by molar-refractivity contribution is 5.95. The molecule has 0 aromatic heterocycles. The normalized spacial score (nSPS) is 26.3. The average molecular weight is 345 g/mol. The van der Waals surface area contributed by atoms with Crippen LogP contribution in [0, 0.1) is 5.92 Å². The van der Waals surface area contributed by atoms with Crippen molar-refractivity contribution in [3.05, 3.63) is 29.8 Å². The molecule has 1 heterocycles. The summed E-state index contributed by atoms with van der Waals surface area (Å²) >= 11 is 0. The standard InChI is InChI=1S/C19H27N3O3/c1-20-18(24)13-8-10-14(11-9-13)21-19(25)22-12-4-6-16(22)15-5-2-3-7-17(15)23/h8-11,15-17,23H,2-7,12H2,1H3,(H,20,24)(H,21,25)/t15-,16-,17+/m1/s1. The van der Waals surface area contributed by atoms with Gasteiger partial charge in [-0.15, -0.1) is 0 Å². The Labute approximate surface area is 148 Å². The van der Waals surface area contributed by atoms with Crippen molar-refractivity contribution < 1.29 is 14.7 Å². The Kier molecular flexibility index (Phi) is 5.58. The molecule has 1 aromatic carbocycles. The molecule has 136 valence electrons. The number of nitrogens with one attached hydrogen (secondary N) is 2. The molecule has 1 aromatic rings. The van der Waals surface area contributed by atoms with E-state index in [-0.39, 0.29) is 30.0 Å². The first-order valence-corrected chi connectivity index (χ1v) is 9.18. The first kappa shape index (κ1) is 17.7. The molecule has 0 radical (unpaired) electrons. The molecule has 1 saturated heterocycles. The zero-order chi connectivity index (χ0) is 17.8. The molecular formula is C19H27N3O3. The predicted molar refractivity (Wildman–Crippen MR) is 96.5 cm³/mol. The van der Waals surface area contributed by atoms with Gasteiger partial charge in [0.1, 0.15) is 0 Å². The van der Waals surface area contributed by atoms with Crippen LogP contribution < -0.4 is 10.6 Å². The number of likely N-dealkylation sites (tertiary alicyclic amines) is 1. The third kappa shape index (κ3) is 3.95. The number of carbonyl (C=O) groups excluding carboxylic acids is 2. The van der Waals surface area contributed by atoms with Crippen molar-refractivity contribution in [3.63, 3.8) is 0 Å². The van der Waals surface area contributed by atoms with Gasteiger partial charge in [-0.25, -0.2) is 4.79 Å². The summed E-state index contributed by atoms with van der Waals surface area (Å²) in [5.41, 5.74) is 1.23. The van der Waals surface area contributed by atoms with Crippen LogP contribution in [0.4, 0.5) is 10.5 Å². The number of hydrogen-bond acceptors (Lipinski definition) is 3. The Morgan fingerprint density at radius 2 is 1.80 bits per heavy atom. The largest absolute Gasteiger partial charge is 0.393 e. The van der Waals surface area contributed by atoms with Crippen LogP contribution in [0.2, 0.25) is 0 Å². The molecule has 0 spiro atoms. The molecule has 3 atom stereocenters. The lowest BCUT2D eigenvalue weighted by Crippen LogP contribution is -2.46. The minimum Gasteiger partial charge on any atom is -0.393 e. The minimum absolute atomic E-state index is 0.118. The topological polar surface area (TPSA) is 81.7 Å². The number of anilines is 1. The van der Waals surface area contributed by atoms with Crippen LogP contribution in [0.25, 0.3) is 0 Å². The summed E-state index contributed by atoms with van der Waals surface area (Å²) in [6.45, 7) is 0.732. The maximum Gasteiger partial charge on any atom is 0.322 e. The van der Waals surface area contributed by atoms with Crippen LogP contribution in [0.1, 0.15) is 48.9 Å². The molecule has 3 amide bonds. The summed E-state index contributed by atoms with van der Waals surface area (Å²) in [6, 6.07) is 6.88. The van der Waals surface area contributed by atoms with Crippen molar-refractivity contribution >= 4 is 17.6 Å². The Balaban J connectivity index is 1.64. The molecule has 0 bridgehead atoms. The number of nitrogens with zero attached hydrogens (tertiary/aromatic N) is 1. The summed E-state index contributed by atoms with van der Waals surface area (Å²) < 4.78 is 0. The quantitative estimate of drug-likeness (QED) is 0.787. The molecule has 2 aliphatic rings. The fourth-order valence-electron chi connectivity index (χ4n) is 4.12. The highest BCUT2D eigenvalue weighted by atomic mass is 16.3. The monoisotopic (exact) mass is 345 g/mol. The van der Waals surface area contributed by atoms with Crippen LogP contribution in [0.15, 0.2) is 24.3 Å². The van der Waals surface area contributed by atoms with E-state index in [2.05, 4.69) is 10.6 Å². The summed E-state index contributed by atoms with van der Waals surface area (Å²) in [4.78, 5) is 26.2. The van der Waals surface area contributed by atoms with Crippen molar-refractivity contribution in [1.82, 2.24) is 10.2 Å². The molecule has 1 saturated carbocycles. The van der Waals surface area contributed by atoms with Gasteiger partial charge in [0.25, 0.3) is 5.91 Å². The lowest BCUT2D eigenvalue weighted by molar-refractivity contribution is 0.0320. The van der Waals surface area contributed by atoms with E-state index < -0.39 is 0 Å². The highest BCUT2D eigenvalue weighted by Gasteiger charge is 2.39. The number of amides is 3. The van der Waals surface area contributed by atoms with E-state index in [0.29, 0.717) is 11.3 Å². The van der Waals surface area contributed by atoms with E-state index in [9.17, 15) is 14.7 Å². The van der Waals surface area contributed by atoms with E-state index in [1.165, 1.54) is 0 Å². The van der Waals surface area contributed by atoms with Crippen LogP contribution >= 0.6 is 0 Å². The van der Waals surface area contributed by atoms with E-state index in [4.69, 9.17) is 0 Å². The fourth-order valence-corrected chi connectivity index (χ4v) is 4.12. The third-order valence-corrected chi connectivity index (χ3v) is 5.46. The molecule has 1 aliphatic carbocycles. The maximum atomic E-state index is 12.7. The molecule has 6 heteroatoms. The van der Waals surface area contributed by atoms with Crippen LogP contribution in [-0.2, 0) is 0 Å². The molecule has 2 fully saturated rings. The summed E-state index contributed by atoms with van der Waals surface area (Å²) in [6.07, 6.45) is 5.71. The zero-order valence-electron chi connectivity index (χ0n) is 14.7. The van der Waals surface area contributed by atoms with Crippen molar-refractivity contribution in [2.24, 2.45) is 5.92 Å². The molecule has 3 rings (SSSR count). The summed E-state index contributed by atoms with van der Waals surface area (Å²) in [5.74, 6) is 0.0430. The first-order chi connectivity index (χ1) is 12.1. The Morgan fingerprint density at radius 3 is 2.48 bits per heavy atom. The van der Waals surface area contributed by atoms with Crippen LogP contribution in [0.5, 0.6) is 0 Å². The van der Waals surface area contributed by atoms with Gasteiger partial charge in [0, 0.05) is 36.8 Å². The third-order valence-electron chi connectivity index (χ3n) is 5.46. The maximum absolute atomic E-state index is 12.7. The lowest BCUT2D eigenvalue weighted by Gasteiger charge is -2.37. The van der Waals surface area contributed by atoms with Gasteiger partial charge in [-0.1, -0.05) is 12.8 Å². The number of aliphatic hydroxyl groups excluding tert-OH is 1. The van der Waals surface area contributed by atoms with E-state index in [1.54, 1.807) is 31.3 Å². The Hall–Kier alpha value is -2.08. The van der Waals surface area contributed by atoms with Crippen molar-refractivity contribution in [1.29, 1.82) is 0 Å². The number of benzene rings is 1. The van der Waals surface area contributed by atoms with Crippen molar-refractivity contribution in [2.75, 3.05) is 18.9 Å². The van der Waals surface area contributed by atoms with Crippen LogP contribution in [-0.4, -0.2) is 47.7 Å². The first-order valence-electron chi connectivity index (χ1n) is 9.18. The minimum atomic E-state index is -0.293.